The molecule has 6 heteroatoms. The predicted molar refractivity (Wildman–Crippen MR) is 101 cm³/mol. The highest BCUT2D eigenvalue weighted by Crippen LogP contribution is 2.08. The summed E-state index contributed by atoms with van der Waals surface area (Å²) in [5.41, 5.74) is 2.09. The van der Waals surface area contributed by atoms with E-state index < -0.39 is 5.97 Å². The molecule has 0 spiro atoms. The van der Waals surface area contributed by atoms with E-state index in [-0.39, 0.29) is 5.97 Å². The summed E-state index contributed by atoms with van der Waals surface area (Å²) in [5, 5.41) is 9.95. The largest absolute Gasteiger partial charge is 0.478 e. The molecule has 0 saturated carbocycles. The number of ether oxygens (including phenoxy) is 1. The molecule has 0 fully saturated rings. The monoisotopic (exact) mass is 456 g/mol. The highest BCUT2D eigenvalue weighted by Gasteiger charge is 2.06. The minimum atomic E-state index is -0.879. The van der Waals surface area contributed by atoms with Gasteiger partial charge in [0.2, 0.25) is 0 Å². The number of aryl methyl sites for hydroxylation is 1. The van der Waals surface area contributed by atoms with Gasteiger partial charge in [0.15, 0.2) is 0 Å². The topological polar surface area (TPSA) is 63.6 Å². The fourth-order valence-corrected chi connectivity index (χ4v) is 2.38. The van der Waals surface area contributed by atoms with E-state index in [4.69, 9.17) is 9.84 Å². The number of carboxylic acids is 1. The van der Waals surface area contributed by atoms with Gasteiger partial charge in [-0.05, 0) is 36.2 Å². The predicted octanol–water partition coefficient (Wildman–Crippen LogP) is 4.56. The average Bonchev–Trinajstić information content (AvgIpc) is 2.61. The van der Waals surface area contributed by atoms with Crippen LogP contribution in [0.2, 0.25) is 0 Å². The number of carbonyl (C=O) groups is 2. The van der Waals surface area contributed by atoms with Crippen LogP contribution in [-0.4, -0.2) is 34.3 Å². The fourth-order valence-electron chi connectivity index (χ4n) is 1.76. The Morgan fingerprint density at radius 3 is 2.12 bits per heavy atom. The summed E-state index contributed by atoms with van der Waals surface area (Å²) < 4.78 is 5.01. The maximum atomic E-state index is 11.5. The molecule has 0 aliphatic carbocycles. The zero-order chi connectivity index (χ0) is 17.8. The van der Waals surface area contributed by atoms with Gasteiger partial charge >= 0.3 is 11.9 Å². The molecule has 2 rings (SSSR count). The van der Waals surface area contributed by atoms with Crippen molar-refractivity contribution in [3.05, 3.63) is 71.3 Å². The number of benzene rings is 2. The van der Waals surface area contributed by atoms with E-state index in [0.717, 1.165) is 17.3 Å². The molecule has 0 aromatic heterocycles. The number of carboxylic acid groups (broad SMARTS) is 1. The van der Waals surface area contributed by atoms with Gasteiger partial charge in [0.1, 0.15) is 6.61 Å². The molecule has 4 nitrogen and oxygen atoms in total. The third-order valence-electron chi connectivity index (χ3n) is 2.88. The highest BCUT2D eigenvalue weighted by atomic mass is 79.9. The van der Waals surface area contributed by atoms with Gasteiger partial charge in [-0.15, -0.1) is 0 Å². The van der Waals surface area contributed by atoms with Crippen LogP contribution < -0.4 is 0 Å². The number of carbonyl (C=O) groups excluding carboxylic acids is 1. The van der Waals surface area contributed by atoms with Gasteiger partial charge < -0.3 is 9.84 Å². The van der Waals surface area contributed by atoms with Crippen molar-refractivity contribution in [1.82, 2.24) is 0 Å². The Labute approximate surface area is 158 Å². The van der Waals surface area contributed by atoms with Crippen LogP contribution in [0.15, 0.2) is 54.6 Å². The van der Waals surface area contributed by atoms with Crippen LogP contribution in [0.4, 0.5) is 0 Å². The zero-order valence-corrected chi connectivity index (χ0v) is 16.1. The molecule has 0 aliphatic heterocycles. The first kappa shape index (κ1) is 20.4. The molecule has 2 aromatic carbocycles. The van der Waals surface area contributed by atoms with Crippen molar-refractivity contribution in [3.8, 4) is 0 Å². The summed E-state index contributed by atoms with van der Waals surface area (Å²) in [6, 6.07) is 15.8. The number of aromatic carboxylic acids is 1. The summed E-state index contributed by atoms with van der Waals surface area (Å²) in [6.45, 7) is 0.404. The van der Waals surface area contributed by atoms with Crippen molar-refractivity contribution >= 4 is 43.8 Å². The number of halogens is 2. The van der Waals surface area contributed by atoms with E-state index in [1.54, 1.807) is 36.4 Å². The van der Waals surface area contributed by atoms with Crippen LogP contribution in [0.3, 0.4) is 0 Å². The van der Waals surface area contributed by atoms with Crippen LogP contribution in [0.1, 0.15) is 26.3 Å². The van der Waals surface area contributed by atoms with E-state index in [9.17, 15) is 9.59 Å². The third kappa shape index (κ3) is 7.75. The molecule has 1 N–H and O–H groups in total. The molecule has 0 unspecified atom stereocenters. The minimum absolute atomic E-state index is 0.258. The van der Waals surface area contributed by atoms with Crippen molar-refractivity contribution < 1.29 is 19.4 Å². The number of hydrogen-bond donors (Lipinski definition) is 1. The minimum Gasteiger partial charge on any atom is -0.478 e. The van der Waals surface area contributed by atoms with E-state index in [1.807, 2.05) is 18.2 Å². The Bertz CT molecular complexity index is 644. The molecule has 0 bridgehead atoms. The first-order valence-corrected chi connectivity index (χ1v) is 9.49. The van der Waals surface area contributed by atoms with Crippen LogP contribution >= 0.6 is 31.9 Å². The molecule has 128 valence electrons. The lowest BCUT2D eigenvalue weighted by atomic mass is 10.1. The number of esters is 1. The van der Waals surface area contributed by atoms with Crippen molar-refractivity contribution in [2.24, 2.45) is 0 Å². The lowest BCUT2D eigenvalue weighted by Gasteiger charge is -2.04. The van der Waals surface area contributed by atoms with Crippen LogP contribution in [-0.2, 0) is 11.2 Å². The molecular formula is C18H18Br2O4. The summed E-state index contributed by atoms with van der Waals surface area (Å²) >= 11 is 6.57. The Kier molecular flexibility index (Phi) is 10.0. The average molecular weight is 458 g/mol. The van der Waals surface area contributed by atoms with Gasteiger partial charge in [-0.1, -0.05) is 62.2 Å². The Morgan fingerprint density at radius 2 is 1.58 bits per heavy atom. The first-order valence-electron chi connectivity index (χ1n) is 7.24. The SMILES string of the molecule is O=C(O)c1ccccc1.O=C(OCCBr)c1cccc(CCBr)c1. The second-order valence-corrected chi connectivity index (χ2v) is 6.22. The standard InChI is InChI=1S/C11H12Br2O2.C7H6O2/c12-5-4-9-2-1-3-10(8-9)11(14)15-7-6-13;8-7(9)6-4-2-1-3-5-6/h1-3,8H,4-7H2;1-5H,(H,8,9). The van der Waals surface area contributed by atoms with E-state index >= 15 is 0 Å². The van der Waals surface area contributed by atoms with Crippen LogP contribution in [0.25, 0.3) is 0 Å². The summed E-state index contributed by atoms with van der Waals surface area (Å²) in [5.74, 6) is -1.14. The van der Waals surface area contributed by atoms with Gasteiger partial charge in [0.05, 0.1) is 11.1 Å². The molecule has 0 radical (unpaired) electrons. The van der Waals surface area contributed by atoms with Gasteiger partial charge in [0.25, 0.3) is 0 Å². The van der Waals surface area contributed by atoms with Gasteiger partial charge in [0, 0.05) is 10.7 Å². The highest BCUT2D eigenvalue weighted by molar-refractivity contribution is 9.09. The molecule has 0 atom stereocenters. The summed E-state index contributed by atoms with van der Waals surface area (Å²) in [4.78, 5) is 21.7. The van der Waals surface area contributed by atoms with Gasteiger partial charge in [-0.25, -0.2) is 9.59 Å². The fraction of sp³-hybridized carbons (Fsp3) is 0.222. The van der Waals surface area contributed by atoms with Crippen molar-refractivity contribution in [1.29, 1.82) is 0 Å². The smallest absolute Gasteiger partial charge is 0.338 e. The second kappa shape index (κ2) is 11.8. The Morgan fingerprint density at radius 1 is 0.917 bits per heavy atom. The van der Waals surface area contributed by atoms with Crippen molar-refractivity contribution in [3.63, 3.8) is 0 Å². The Balaban J connectivity index is 0.000000272. The molecule has 0 heterocycles. The van der Waals surface area contributed by atoms with E-state index in [0.29, 0.717) is 23.1 Å². The van der Waals surface area contributed by atoms with Crippen LogP contribution in [0.5, 0.6) is 0 Å². The van der Waals surface area contributed by atoms with Gasteiger partial charge in [-0.2, -0.15) is 0 Å². The lowest BCUT2D eigenvalue weighted by molar-refractivity contribution is 0.0530. The maximum absolute atomic E-state index is 11.5. The molecule has 0 amide bonds. The lowest BCUT2D eigenvalue weighted by Crippen LogP contribution is -2.07. The number of hydrogen-bond acceptors (Lipinski definition) is 3. The maximum Gasteiger partial charge on any atom is 0.338 e. The van der Waals surface area contributed by atoms with Crippen LogP contribution in [0, 0.1) is 0 Å². The zero-order valence-electron chi connectivity index (χ0n) is 13.0. The van der Waals surface area contributed by atoms with Crippen molar-refractivity contribution in [2.45, 2.75) is 6.42 Å². The quantitative estimate of drug-likeness (QED) is 0.510. The summed E-state index contributed by atoms with van der Waals surface area (Å²) in [6.07, 6.45) is 0.916. The van der Waals surface area contributed by atoms with Gasteiger partial charge in [-0.3, -0.25) is 0 Å². The third-order valence-corrected chi connectivity index (χ3v) is 3.60. The van der Waals surface area contributed by atoms with E-state index in [1.165, 1.54) is 0 Å². The first-order chi connectivity index (χ1) is 11.6. The Hall–Kier alpha value is -1.66. The molecular weight excluding hydrogens is 440 g/mol. The summed E-state index contributed by atoms with van der Waals surface area (Å²) in [7, 11) is 0. The molecule has 2 aromatic rings. The van der Waals surface area contributed by atoms with E-state index in [2.05, 4.69) is 31.9 Å². The molecule has 0 aliphatic rings. The number of alkyl halides is 2. The second-order valence-electron chi connectivity index (χ2n) is 4.64. The molecule has 0 saturated heterocycles. The number of rotatable bonds is 6. The normalized spacial score (nSPS) is 9.58. The molecule has 24 heavy (non-hydrogen) atoms. The van der Waals surface area contributed by atoms with Crippen molar-refractivity contribution in [2.75, 3.05) is 17.3 Å².